The summed E-state index contributed by atoms with van der Waals surface area (Å²) in [5, 5.41) is 0. The maximum Gasteiger partial charge on any atom is 0.157 e. The maximum absolute atomic E-state index is 5.62. The molecule has 0 saturated carbocycles. The molecule has 0 N–H and O–H groups in total. The number of ether oxygens (including phenoxy) is 6. The molecular formula is C14H30O6. The van der Waals surface area contributed by atoms with Crippen LogP contribution in [0, 0.1) is 0 Å². The summed E-state index contributed by atoms with van der Waals surface area (Å²) >= 11 is 0. The quantitative estimate of drug-likeness (QED) is 0.317. The van der Waals surface area contributed by atoms with Crippen LogP contribution >= 0.6 is 0 Å². The Morgan fingerprint density at radius 3 is 1.50 bits per heavy atom. The summed E-state index contributed by atoms with van der Waals surface area (Å²) in [5.41, 5.74) is 0. The summed E-state index contributed by atoms with van der Waals surface area (Å²) in [6, 6.07) is 0. The Morgan fingerprint density at radius 1 is 0.650 bits per heavy atom. The summed E-state index contributed by atoms with van der Waals surface area (Å²) in [7, 11) is 3.30. The second-order valence-electron chi connectivity index (χ2n) is 4.17. The van der Waals surface area contributed by atoms with Gasteiger partial charge in [0, 0.05) is 14.2 Å². The van der Waals surface area contributed by atoms with Crippen molar-refractivity contribution in [2.24, 2.45) is 0 Å². The van der Waals surface area contributed by atoms with Crippen molar-refractivity contribution < 1.29 is 28.4 Å². The van der Waals surface area contributed by atoms with Gasteiger partial charge in [0.1, 0.15) is 0 Å². The maximum atomic E-state index is 5.62. The summed E-state index contributed by atoms with van der Waals surface area (Å²) in [6.45, 7) is 6.65. The molecule has 0 rings (SSSR count). The van der Waals surface area contributed by atoms with E-state index in [1.807, 2.05) is 0 Å². The summed E-state index contributed by atoms with van der Waals surface area (Å²) < 4.78 is 31.7. The van der Waals surface area contributed by atoms with Crippen LogP contribution in [0.5, 0.6) is 0 Å². The van der Waals surface area contributed by atoms with Crippen LogP contribution in [-0.4, -0.2) is 73.4 Å². The first-order chi connectivity index (χ1) is 9.85. The zero-order valence-electron chi connectivity index (χ0n) is 13.1. The highest BCUT2D eigenvalue weighted by atomic mass is 16.7. The van der Waals surface area contributed by atoms with Crippen LogP contribution in [-0.2, 0) is 28.4 Å². The third kappa shape index (κ3) is 14.2. The van der Waals surface area contributed by atoms with Gasteiger partial charge in [-0.3, -0.25) is 0 Å². The topological polar surface area (TPSA) is 55.4 Å². The van der Waals surface area contributed by atoms with E-state index in [9.17, 15) is 0 Å². The molecule has 0 aromatic heterocycles. The molecule has 0 spiro atoms. The van der Waals surface area contributed by atoms with Gasteiger partial charge in [-0.15, -0.1) is 0 Å². The normalized spacial score (nSPS) is 11.4. The van der Waals surface area contributed by atoms with Gasteiger partial charge in [0.15, 0.2) is 6.29 Å². The van der Waals surface area contributed by atoms with Crippen LogP contribution < -0.4 is 0 Å². The Balaban J connectivity index is 3.45. The van der Waals surface area contributed by atoms with Crippen LogP contribution in [0.25, 0.3) is 0 Å². The Hall–Kier alpha value is -0.240. The fourth-order valence-electron chi connectivity index (χ4n) is 1.42. The molecule has 0 bridgehead atoms. The van der Waals surface area contributed by atoms with E-state index >= 15 is 0 Å². The summed E-state index contributed by atoms with van der Waals surface area (Å²) in [4.78, 5) is 0. The monoisotopic (exact) mass is 294 g/mol. The Kier molecular flexibility index (Phi) is 16.6. The van der Waals surface area contributed by atoms with Gasteiger partial charge in [-0.1, -0.05) is 13.3 Å². The van der Waals surface area contributed by atoms with Gasteiger partial charge < -0.3 is 28.4 Å². The lowest BCUT2D eigenvalue weighted by Gasteiger charge is -2.18. The summed E-state index contributed by atoms with van der Waals surface area (Å²) in [6.07, 6.45) is 1.70. The van der Waals surface area contributed by atoms with E-state index < -0.39 is 0 Å². The third-order valence-corrected chi connectivity index (χ3v) is 2.45. The molecule has 0 amide bonds. The van der Waals surface area contributed by atoms with Crippen molar-refractivity contribution in [3.05, 3.63) is 0 Å². The predicted octanol–water partition coefficient (Wildman–Crippen LogP) is 1.47. The van der Waals surface area contributed by atoms with E-state index in [1.54, 1.807) is 14.2 Å². The molecule has 0 aliphatic heterocycles. The molecule has 0 radical (unpaired) electrons. The molecule has 0 heterocycles. The van der Waals surface area contributed by atoms with Crippen molar-refractivity contribution in [1.29, 1.82) is 0 Å². The van der Waals surface area contributed by atoms with Crippen LogP contribution in [0.15, 0.2) is 0 Å². The largest absolute Gasteiger partial charge is 0.382 e. The Labute approximate surface area is 122 Å². The summed E-state index contributed by atoms with van der Waals surface area (Å²) in [5.74, 6) is 0. The van der Waals surface area contributed by atoms with Gasteiger partial charge in [-0.2, -0.15) is 0 Å². The van der Waals surface area contributed by atoms with Crippen molar-refractivity contribution in [2.45, 2.75) is 26.1 Å². The predicted molar refractivity (Wildman–Crippen MR) is 76.0 cm³/mol. The molecule has 0 unspecified atom stereocenters. The lowest BCUT2D eigenvalue weighted by atomic mass is 10.3. The van der Waals surface area contributed by atoms with Gasteiger partial charge in [0.25, 0.3) is 0 Å². The van der Waals surface area contributed by atoms with Crippen LogP contribution in [0.2, 0.25) is 0 Å². The van der Waals surface area contributed by atoms with Crippen LogP contribution in [0.3, 0.4) is 0 Å². The van der Waals surface area contributed by atoms with Crippen molar-refractivity contribution in [1.82, 2.24) is 0 Å². The van der Waals surface area contributed by atoms with E-state index in [0.717, 1.165) is 12.8 Å². The SMILES string of the molecule is CCCC(OCCOCCOC)OCCOCCOC. The highest BCUT2D eigenvalue weighted by Gasteiger charge is 2.07. The lowest BCUT2D eigenvalue weighted by molar-refractivity contribution is -0.162. The van der Waals surface area contributed by atoms with E-state index in [4.69, 9.17) is 28.4 Å². The van der Waals surface area contributed by atoms with E-state index in [0.29, 0.717) is 52.9 Å². The Bertz CT molecular complexity index is 163. The second kappa shape index (κ2) is 16.8. The van der Waals surface area contributed by atoms with Crippen molar-refractivity contribution in [2.75, 3.05) is 67.1 Å². The molecule has 0 aromatic rings. The minimum atomic E-state index is -0.183. The number of hydrogen-bond acceptors (Lipinski definition) is 6. The lowest BCUT2D eigenvalue weighted by Crippen LogP contribution is -2.22. The zero-order valence-corrected chi connectivity index (χ0v) is 13.1. The average Bonchev–Trinajstić information content (AvgIpc) is 2.46. The molecule has 20 heavy (non-hydrogen) atoms. The molecule has 0 aliphatic rings. The molecular weight excluding hydrogens is 264 g/mol. The molecule has 6 nitrogen and oxygen atoms in total. The number of hydrogen-bond donors (Lipinski definition) is 0. The highest BCUT2D eigenvalue weighted by Crippen LogP contribution is 2.04. The van der Waals surface area contributed by atoms with Gasteiger partial charge in [0.05, 0.1) is 52.9 Å². The third-order valence-electron chi connectivity index (χ3n) is 2.45. The average molecular weight is 294 g/mol. The fraction of sp³-hybridized carbons (Fsp3) is 1.00. The van der Waals surface area contributed by atoms with Crippen molar-refractivity contribution in [3.63, 3.8) is 0 Å². The minimum Gasteiger partial charge on any atom is -0.382 e. The first-order valence-electron chi connectivity index (χ1n) is 7.21. The molecule has 0 fully saturated rings. The van der Waals surface area contributed by atoms with E-state index in [2.05, 4.69) is 6.92 Å². The second-order valence-corrected chi connectivity index (χ2v) is 4.17. The molecule has 0 aliphatic carbocycles. The van der Waals surface area contributed by atoms with E-state index in [-0.39, 0.29) is 6.29 Å². The number of rotatable bonds is 16. The van der Waals surface area contributed by atoms with Crippen LogP contribution in [0.4, 0.5) is 0 Å². The first-order valence-corrected chi connectivity index (χ1v) is 7.21. The molecule has 122 valence electrons. The van der Waals surface area contributed by atoms with Gasteiger partial charge >= 0.3 is 0 Å². The van der Waals surface area contributed by atoms with Gasteiger partial charge in [0.2, 0.25) is 0 Å². The smallest absolute Gasteiger partial charge is 0.157 e. The standard InChI is InChI=1S/C14H30O6/c1-4-5-14(19-12-10-17-8-6-15-2)20-13-11-18-9-7-16-3/h14H,4-13H2,1-3H3. The molecule has 0 saturated heterocycles. The van der Waals surface area contributed by atoms with Crippen molar-refractivity contribution >= 4 is 0 Å². The van der Waals surface area contributed by atoms with Crippen LogP contribution in [0.1, 0.15) is 19.8 Å². The molecule has 6 heteroatoms. The molecule has 0 aromatic carbocycles. The zero-order chi connectivity index (χ0) is 14.9. The first kappa shape index (κ1) is 19.8. The highest BCUT2D eigenvalue weighted by molar-refractivity contribution is 4.45. The Morgan fingerprint density at radius 2 is 1.10 bits per heavy atom. The van der Waals surface area contributed by atoms with Crippen molar-refractivity contribution in [3.8, 4) is 0 Å². The minimum absolute atomic E-state index is 0.183. The van der Waals surface area contributed by atoms with E-state index in [1.165, 1.54) is 0 Å². The van der Waals surface area contributed by atoms with Gasteiger partial charge in [-0.05, 0) is 6.42 Å². The van der Waals surface area contributed by atoms with Gasteiger partial charge in [-0.25, -0.2) is 0 Å². The number of methoxy groups -OCH3 is 2. The molecule has 0 atom stereocenters. The fourth-order valence-corrected chi connectivity index (χ4v) is 1.42.